The molecular weight excluding hydrogens is 281 g/mol. The van der Waals surface area contributed by atoms with Crippen molar-refractivity contribution in [1.29, 1.82) is 0 Å². The van der Waals surface area contributed by atoms with E-state index in [2.05, 4.69) is 0 Å². The van der Waals surface area contributed by atoms with Gasteiger partial charge in [-0.15, -0.1) is 24.8 Å². The van der Waals surface area contributed by atoms with Crippen LogP contribution in [-0.2, 0) is 9.59 Å². The Hall–Kier alpha value is -1.59. The number of hydrogen-bond acceptors (Lipinski definition) is 3. The molecule has 0 aromatic heterocycles. The van der Waals surface area contributed by atoms with E-state index in [0.717, 1.165) is 0 Å². The number of ketones is 1. The third-order valence-corrected chi connectivity index (χ3v) is 1.46. The summed E-state index contributed by atoms with van der Waals surface area (Å²) in [5, 5.41) is 7.86. The highest BCUT2D eigenvalue weighted by molar-refractivity contribution is 5.93. The number of nitrogens with two attached hydrogens (primary N) is 1. The number of primary amides is 1. The number of carbonyl (C=O) groups is 3. The lowest BCUT2D eigenvalue weighted by atomic mass is 10.2. The predicted molar refractivity (Wildman–Crippen MR) is 72.4 cm³/mol. The summed E-state index contributed by atoms with van der Waals surface area (Å²) in [6.07, 6.45) is -0.361. The molecule has 1 amide bonds. The van der Waals surface area contributed by atoms with Gasteiger partial charge in [-0.25, -0.2) is 0 Å². The van der Waals surface area contributed by atoms with Crippen LogP contribution in [0.25, 0.3) is 0 Å². The molecule has 0 unspecified atom stereocenters. The van der Waals surface area contributed by atoms with Gasteiger partial charge < -0.3 is 10.8 Å². The monoisotopic (exact) mass is 295 g/mol. The van der Waals surface area contributed by atoms with Gasteiger partial charge in [0, 0.05) is 5.56 Å². The molecule has 0 aliphatic heterocycles. The van der Waals surface area contributed by atoms with Gasteiger partial charge in [-0.1, -0.05) is 18.2 Å². The van der Waals surface area contributed by atoms with Gasteiger partial charge in [0.15, 0.2) is 0 Å². The van der Waals surface area contributed by atoms with E-state index in [9.17, 15) is 14.4 Å². The number of carbonyl (C=O) groups excluding carboxylic acids is 2. The lowest BCUT2D eigenvalue weighted by Gasteiger charge is -1.89. The predicted octanol–water partition coefficient (Wildman–Crippen LogP) is 1.68. The van der Waals surface area contributed by atoms with Crippen molar-refractivity contribution < 1.29 is 19.5 Å². The number of halogens is 2. The zero-order valence-corrected chi connectivity index (χ0v) is 11.3. The molecule has 5 nitrogen and oxygen atoms in total. The molecule has 18 heavy (non-hydrogen) atoms. The Morgan fingerprint density at radius 1 is 1.11 bits per heavy atom. The van der Waals surface area contributed by atoms with Crippen LogP contribution >= 0.6 is 24.8 Å². The minimum Gasteiger partial charge on any atom is -0.481 e. The van der Waals surface area contributed by atoms with Crippen molar-refractivity contribution in [1.82, 2.24) is 0 Å². The summed E-state index contributed by atoms with van der Waals surface area (Å²) in [5.74, 6) is -1.75. The van der Waals surface area contributed by atoms with Crippen molar-refractivity contribution in [3.8, 4) is 0 Å². The average Bonchev–Trinajstić information content (AvgIpc) is 2.17. The van der Waals surface area contributed by atoms with Gasteiger partial charge in [-0.2, -0.15) is 0 Å². The number of hydrogen-bond donors (Lipinski definition) is 2. The molecule has 0 atom stereocenters. The zero-order valence-electron chi connectivity index (χ0n) is 9.66. The maximum absolute atomic E-state index is 10.4. The molecule has 0 bridgehead atoms. The summed E-state index contributed by atoms with van der Waals surface area (Å²) in [6.45, 7) is 1.24. The SMILES string of the molecule is CC(=O)CC(=O)O.Cl.Cl.NC(=O)c1ccccc1. The van der Waals surface area contributed by atoms with Crippen LogP contribution in [0.15, 0.2) is 30.3 Å². The van der Waals surface area contributed by atoms with Crippen molar-refractivity contribution in [3.05, 3.63) is 35.9 Å². The van der Waals surface area contributed by atoms with Crippen LogP contribution in [0.5, 0.6) is 0 Å². The fourth-order valence-electron chi connectivity index (χ4n) is 0.815. The Morgan fingerprint density at radius 2 is 1.56 bits per heavy atom. The van der Waals surface area contributed by atoms with Crippen LogP contribution in [0.1, 0.15) is 23.7 Å². The van der Waals surface area contributed by atoms with Crippen LogP contribution in [0.2, 0.25) is 0 Å². The Bertz CT molecular complexity index is 370. The first-order valence-electron chi connectivity index (χ1n) is 4.49. The molecule has 0 spiro atoms. The molecule has 0 saturated heterocycles. The third-order valence-electron chi connectivity index (χ3n) is 1.46. The van der Waals surface area contributed by atoms with Crippen LogP contribution in [0.4, 0.5) is 0 Å². The van der Waals surface area contributed by atoms with Crippen LogP contribution < -0.4 is 5.73 Å². The highest BCUT2D eigenvalue weighted by Gasteiger charge is 1.98. The maximum atomic E-state index is 10.4. The van der Waals surface area contributed by atoms with E-state index in [1.807, 2.05) is 6.07 Å². The van der Waals surface area contributed by atoms with Crippen molar-refractivity contribution in [3.63, 3.8) is 0 Å². The topological polar surface area (TPSA) is 97.5 Å². The quantitative estimate of drug-likeness (QED) is 0.829. The number of carboxylic acids is 1. The molecule has 0 aliphatic rings. The second kappa shape index (κ2) is 11.9. The summed E-state index contributed by atoms with van der Waals surface area (Å²) in [4.78, 5) is 29.9. The zero-order chi connectivity index (χ0) is 12.6. The number of Topliss-reactive ketones (excluding diaryl/α,β-unsaturated/α-hetero) is 1. The third kappa shape index (κ3) is 12.5. The van der Waals surface area contributed by atoms with Gasteiger partial charge >= 0.3 is 5.97 Å². The van der Waals surface area contributed by atoms with Crippen LogP contribution in [0, 0.1) is 0 Å². The van der Waals surface area contributed by atoms with Crippen molar-refractivity contribution in [2.75, 3.05) is 0 Å². The largest absolute Gasteiger partial charge is 0.481 e. The summed E-state index contributed by atoms with van der Waals surface area (Å²) < 4.78 is 0. The molecule has 0 radical (unpaired) electrons. The number of benzene rings is 1. The Morgan fingerprint density at radius 3 is 1.72 bits per heavy atom. The molecule has 102 valence electrons. The van der Waals surface area contributed by atoms with Crippen LogP contribution in [0.3, 0.4) is 0 Å². The number of rotatable bonds is 3. The second-order valence-corrected chi connectivity index (χ2v) is 3.00. The van der Waals surface area contributed by atoms with Crippen molar-refractivity contribution >= 4 is 42.5 Å². The fourth-order valence-corrected chi connectivity index (χ4v) is 0.815. The van der Waals surface area contributed by atoms with Crippen LogP contribution in [-0.4, -0.2) is 22.8 Å². The van der Waals surface area contributed by atoms with Gasteiger partial charge in [0.05, 0.1) is 0 Å². The summed E-state index contributed by atoms with van der Waals surface area (Å²) >= 11 is 0. The highest BCUT2D eigenvalue weighted by Crippen LogP contribution is 1.94. The molecule has 1 aromatic carbocycles. The smallest absolute Gasteiger partial charge is 0.310 e. The maximum Gasteiger partial charge on any atom is 0.310 e. The number of carboxylic acid groups (broad SMARTS) is 1. The lowest BCUT2D eigenvalue weighted by Crippen LogP contribution is -2.09. The van der Waals surface area contributed by atoms with Gasteiger partial charge in [0.1, 0.15) is 12.2 Å². The lowest BCUT2D eigenvalue weighted by molar-refractivity contribution is -0.139. The number of aliphatic carboxylic acids is 1. The second-order valence-electron chi connectivity index (χ2n) is 3.00. The minimum absolute atomic E-state index is 0. The van der Waals surface area contributed by atoms with Gasteiger partial charge in [0.25, 0.3) is 0 Å². The summed E-state index contributed by atoms with van der Waals surface area (Å²) in [5.41, 5.74) is 5.53. The molecular formula is C11H15Cl2NO4. The van der Waals surface area contributed by atoms with Gasteiger partial charge in [-0.05, 0) is 19.1 Å². The molecule has 0 heterocycles. The first-order chi connectivity index (χ1) is 7.43. The molecule has 3 N–H and O–H groups in total. The first kappa shape index (κ1) is 21.7. The van der Waals surface area contributed by atoms with E-state index < -0.39 is 5.97 Å². The van der Waals surface area contributed by atoms with E-state index in [0.29, 0.717) is 5.56 Å². The van der Waals surface area contributed by atoms with Gasteiger partial charge in [0.2, 0.25) is 5.91 Å². The molecule has 0 saturated carbocycles. The van der Waals surface area contributed by atoms with E-state index >= 15 is 0 Å². The average molecular weight is 296 g/mol. The Labute approximate surface area is 117 Å². The molecule has 0 fully saturated rings. The Kier molecular flexibility index (Phi) is 14.3. The first-order valence-corrected chi connectivity index (χ1v) is 4.49. The molecule has 7 heteroatoms. The van der Waals surface area contributed by atoms with Crippen molar-refractivity contribution in [2.45, 2.75) is 13.3 Å². The summed E-state index contributed by atoms with van der Waals surface area (Å²) in [7, 11) is 0. The molecule has 0 aliphatic carbocycles. The number of amides is 1. The Balaban J connectivity index is -0.000000232. The van der Waals surface area contributed by atoms with E-state index in [1.165, 1.54) is 6.92 Å². The minimum atomic E-state index is -1.06. The molecule has 1 aromatic rings. The van der Waals surface area contributed by atoms with E-state index in [1.54, 1.807) is 24.3 Å². The van der Waals surface area contributed by atoms with E-state index in [4.69, 9.17) is 10.8 Å². The van der Waals surface area contributed by atoms with E-state index in [-0.39, 0.29) is 42.9 Å². The van der Waals surface area contributed by atoms with Crippen molar-refractivity contribution in [2.24, 2.45) is 5.73 Å². The highest BCUT2D eigenvalue weighted by atomic mass is 35.5. The molecule has 1 rings (SSSR count). The standard InChI is InChI=1S/C7H7NO.C4H6O3.2ClH/c8-7(9)6-4-2-1-3-5-6;1-3(5)2-4(6)7;;/h1-5H,(H2,8,9);2H2,1H3,(H,6,7);2*1H. The summed E-state index contributed by atoms with van der Waals surface area (Å²) in [6, 6.07) is 8.76. The normalized spacial score (nSPS) is 7.61. The van der Waals surface area contributed by atoms with Gasteiger partial charge in [-0.3, -0.25) is 14.4 Å². The fraction of sp³-hybridized carbons (Fsp3) is 0.182.